The van der Waals surface area contributed by atoms with Crippen molar-refractivity contribution in [3.63, 3.8) is 0 Å². The van der Waals surface area contributed by atoms with Crippen LogP contribution in [-0.4, -0.2) is 35.3 Å². The molecule has 2 aliphatic rings. The standard InChI is InChI=1S/C24H23N3O4S/c1-14-17(25-23(31-14)15-10-19(28-2)22-20(11-15)29-13-30-22)12-27-9-5-7-18(27)24-26-16-6-3-4-8-21(16)32-24/h3-4,6,8,10-11,18H,5,7,9,12-13H2,1-2H3. The van der Waals surface area contributed by atoms with E-state index in [1.807, 2.05) is 25.1 Å². The molecule has 0 saturated carbocycles. The zero-order valence-electron chi connectivity index (χ0n) is 18.0. The molecule has 1 fully saturated rings. The van der Waals surface area contributed by atoms with E-state index in [1.54, 1.807) is 18.4 Å². The zero-order valence-corrected chi connectivity index (χ0v) is 18.8. The van der Waals surface area contributed by atoms with Crippen LogP contribution in [0.4, 0.5) is 0 Å². The summed E-state index contributed by atoms with van der Waals surface area (Å²) >= 11 is 1.79. The van der Waals surface area contributed by atoms with E-state index in [-0.39, 0.29) is 6.79 Å². The maximum Gasteiger partial charge on any atom is 0.231 e. The third-order valence-electron chi connectivity index (χ3n) is 6.11. The number of hydrogen-bond donors (Lipinski definition) is 0. The van der Waals surface area contributed by atoms with Gasteiger partial charge in [-0.25, -0.2) is 9.97 Å². The number of hydrogen-bond acceptors (Lipinski definition) is 8. The molecule has 4 heterocycles. The fourth-order valence-corrected chi connectivity index (χ4v) is 5.61. The van der Waals surface area contributed by atoms with Gasteiger partial charge in [-0.1, -0.05) is 12.1 Å². The van der Waals surface area contributed by atoms with Crippen molar-refractivity contribution < 1.29 is 18.6 Å². The fraction of sp³-hybridized carbons (Fsp3) is 0.333. The highest BCUT2D eigenvalue weighted by atomic mass is 32.1. The van der Waals surface area contributed by atoms with Gasteiger partial charge in [-0.2, -0.15) is 0 Å². The first-order valence-electron chi connectivity index (χ1n) is 10.7. The highest BCUT2D eigenvalue weighted by molar-refractivity contribution is 7.18. The number of benzene rings is 2. The normalized spacial score (nSPS) is 18.0. The molecule has 0 aliphatic carbocycles. The summed E-state index contributed by atoms with van der Waals surface area (Å²) in [5, 5.41) is 1.19. The summed E-state index contributed by atoms with van der Waals surface area (Å²) in [4.78, 5) is 12.2. The predicted molar refractivity (Wildman–Crippen MR) is 121 cm³/mol. The quantitative estimate of drug-likeness (QED) is 0.408. The summed E-state index contributed by atoms with van der Waals surface area (Å²) in [6, 6.07) is 12.4. The van der Waals surface area contributed by atoms with E-state index in [9.17, 15) is 0 Å². The molecule has 164 valence electrons. The minimum absolute atomic E-state index is 0.188. The SMILES string of the molecule is COc1cc(-c2nc(CN3CCCC3c3nc4ccccc4s3)c(C)o2)cc2c1OCO2. The van der Waals surface area contributed by atoms with Crippen molar-refractivity contribution in [2.75, 3.05) is 20.4 Å². The van der Waals surface area contributed by atoms with Gasteiger partial charge in [0.05, 0.1) is 29.1 Å². The van der Waals surface area contributed by atoms with Crippen LogP contribution >= 0.6 is 11.3 Å². The van der Waals surface area contributed by atoms with E-state index in [0.29, 0.717) is 29.2 Å². The van der Waals surface area contributed by atoms with Gasteiger partial charge in [0.25, 0.3) is 0 Å². The van der Waals surface area contributed by atoms with Crippen LogP contribution in [0.1, 0.15) is 35.3 Å². The largest absolute Gasteiger partial charge is 0.493 e. The van der Waals surface area contributed by atoms with Crippen LogP contribution in [0.2, 0.25) is 0 Å². The van der Waals surface area contributed by atoms with Gasteiger partial charge in [-0.05, 0) is 50.6 Å². The van der Waals surface area contributed by atoms with Crippen LogP contribution in [0.15, 0.2) is 40.8 Å². The van der Waals surface area contributed by atoms with Crippen molar-refractivity contribution in [1.29, 1.82) is 0 Å². The first-order chi connectivity index (χ1) is 15.7. The van der Waals surface area contributed by atoms with Gasteiger partial charge in [-0.3, -0.25) is 4.90 Å². The van der Waals surface area contributed by atoms with Gasteiger partial charge in [0, 0.05) is 12.1 Å². The average Bonchev–Trinajstić information content (AvgIpc) is 3.59. The average molecular weight is 450 g/mol. The lowest BCUT2D eigenvalue weighted by Crippen LogP contribution is -2.23. The second-order valence-electron chi connectivity index (χ2n) is 8.08. The van der Waals surface area contributed by atoms with E-state index >= 15 is 0 Å². The summed E-state index contributed by atoms with van der Waals surface area (Å²) in [7, 11) is 1.61. The number of para-hydroxylation sites is 1. The van der Waals surface area contributed by atoms with E-state index < -0.39 is 0 Å². The number of likely N-dealkylation sites (tertiary alicyclic amines) is 1. The third kappa shape index (κ3) is 3.30. The van der Waals surface area contributed by atoms with Crippen molar-refractivity contribution in [2.45, 2.75) is 32.4 Å². The number of ether oxygens (including phenoxy) is 3. The van der Waals surface area contributed by atoms with Crippen LogP contribution in [0.3, 0.4) is 0 Å². The Morgan fingerprint density at radius 1 is 1.19 bits per heavy atom. The molecular formula is C24H23N3O4S. The molecule has 2 aromatic heterocycles. The Kier molecular flexibility index (Phi) is 4.77. The second-order valence-corrected chi connectivity index (χ2v) is 9.14. The van der Waals surface area contributed by atoms with Gasteiger partial charge in [0.2, 0.25) is 18.4 Å². The molecule has 2 aromatic carbocycles. The highest BCUT2D eigenvalue weighted by Crippen LogP contribution is 2.44. The lowest BCUT2D eigenvalue weighted by Gasteiger charge is -2.21. The first-order valence-corrected chi connectivity index (χ1v) is 11.5. The Labute approximate surface area is 189 Å². The van der Waals surface area contributed by atoms with Crippen LogP contribution in [-0.2, 0) is 6.54 Å². The fourth-order valence-electron chi connectivity index (χ4n) is 4.47. The smallest absolute Gasteiger partial charge is 0.231 e. The molecule has 0 amide bonds. The predicted octanol–water partition coefficient (Wildman–Crippen LogP) is 5.33. The maximum absolute atomic E-state index is 6.06. The molecule has 2 aliphatic heterocycles. The summed E-state index contributed by atoms with van der Waals surface area (Å²) in [6.45, 7) is 3.92. The van der Waals surface area contributed by atoms with E-state index in [0.717, 1.165) is 48.5 Å². The molecule has 32 heavy (non-hydrogen) atoms. The minimum atomic E-state index is 0.188. The van der Waals surface area contributed by atoms with Gasteiger partial charge in [0.15, 0.2) is 11.5 Å². The monoisotopic (exact) mass is 449 g/mol. The number of aromatic nitrogens is 2. The Hall–Kier alpha value is -3.10. The molecule has 8 heteroatoms. The van der Waals surface area contributed by atoms with Gasteiger partial charge in [-0.15, -0.1) is 11.3 Å². The topological polar surface area (TPSA) is 69.9 Å². The summed E-state index contributed by atoms with van der Waals surface area (Å²) < 4.78 is 23.8. The molecule has 7 nitrogen and oxygen atoms in total. The lowest BCUT2D eigenvalue weighted by molar-refractivity contribution is 0.171. The molecule has 1 unspecified atom stereocenters. The Morgan fingerprint density at radius 3 is 2.97 bits per heavy atom. The number of methoxy groups -OCH3 is 1. The van der Waals surface area contributed by atoms with Crippen molar-refractivity contribution in [3.8, 4) is 28.7 Å². The molecule has 0 bridgehead atoms. The first kappa shape index (κ1) is 19.6. The molecule has 0 N–H and O–H groups in total. The molecule has 0 radical (unpaired) electrons. The second kappa shape index (κ2) is 7.79. The van der Waals surface area contributed by atoms with E-state index in [2.05, 4.69) is 23.1 Å². The van der Waals surface area contributed by atoms with Gasteiger partial charge in [0.1, 0.15) is 10.8 Å². The van der Waals surface area contributed by atoms with Crippen molar-refractivity contribution >= 4 is 21.6 Å². The van der Waals surface area contributed by atoms with Crippen molar-refractivity contribution in [2.24, 2.45) is 0 Å². The van der Waals surface area contributed by atoms with Crippen molar-refractivity contribution in [1.82, 2.24) is 14.9 Å². The Balaban J connectivity index is 1.28. The van der Waals surface area contributed by atoms with E-state index in [1.165, 1.54) is 9.71 Å². The van der Waals surface area contributed by atoms with Crippen LogP contribution in [0, 0.1) is 6.92 Å². The highest BCUT2D eigenvalue weighted by Gasteiger charge is 2.30. The summed E-state index contributed by atoms with van der Waals surface area (Å²) in [6.07, 6.45) is 2.27. The number of oxazole rings is 1. The molecule has 1 saturated heterocycles. The van der Waals surface area contributed by atoms with Crippen LogP contribution < -0.4 is 14.2 Å². The molecule has 0 spiro atoms. The molecule has 1 atom stereocenters. The van der Waals surface area contributed by atoms with Crippen LogP contribution in [0.5, 0.6) is 17.2 Å². The Bertz CT molecular complexity index is 1260. The number of thiazole rings is 1. The number of aryl methyl sites for hydroxylation is 1. The van der Waals surface area contributed by atoms with E-state index in [4.69, 9.17) is 28.6 Å². The molecular weight excluding hydrogens is 426 g/mol. The third-order valence-corrected chi connectivity index (χ3v) is 7.25. The van der Waals surface area contributed by atoms with Crippen molar-refractivity contribution in [3.05, 3.63) is 52.9 Å². The molecule has 6 rings (SSSR count). The number of nitrogens with zero attached hydrogens (tertiary/aromatic N) is 3. The Morgan fingerprint density at radius 2 is 2.09 bits per heavy atom. The number of rotatable bonds is 5. The van der Waals surface area contributed by atoms with Crippen LogP contribution in [0.25, 0.3) is 21.7 Å². The lowest BCUT2D eigenvalue weighted by atomic mass is 10.2. The summed E-state index contributed by atoms with van der Waals surface area (Å²) in [5.41, 5.74) is 2.84. The van der Waals surface area contributed by atoms with Gasteiger partial charge >= 0.3 is 0 Å². The maximum atomic E-state index is 6.06. The number of fused-ring (bicyclic) bond motifs is 2. The van der Waals surface area contributed by atoms with Gasteiger partial charge < -0.3 is 18.6 Å². The summed E-state index contributed by atoms with van der Waals surface area (Å²) in [5.74, 6) is 3.27. The molecule has 4 aromatic rings. The minimum Gasteiger partial charge on any atom is -0.493 e. The zero-order chi connectivity index (χ0) is 21.7.